The number of halogens is 1. The second-order valence-electron chi connectivity index (χ2n) is 4.87. The van der Waals surface area contributed by atoms with Gasteiger partial charge in [0.15, 0.2) is 0 Å². The van der Waals surface area contributed by atoms with Crippen molar-refractivity contribution in [2.45, 2.75) is 32.2 Å². The van der Waals surface area contributed by atoms with Gasteiger partial charge in [0, 0.05) is 13.1 Å². The van der Waals surface area contributed by atoms with Crippen molar-refractivity contribution in [2.75, 3.05) is 12.4 Å². The smallest absolute Gasteiger partial charge is 0.253 e. The summed E-state index contributed by atoms with van der Waals surface area (Å²) in [5.74, 6) is -0.0414. The Bertz CT molecular complexity index is 443. The summed E-state index contributed by atoms with van der Waals surface area (Å²) in [6, 6.07) is 4.69. The predicted octanol–water partition coefficient (Wildman–Crippen LogP) is 2.79. The van der Waals surface area contributed by atoms with Gasteiger partial charge in [-0.1, -0.05) is 12.5 Å². The summed E-state index contributed by atoms with van der Waals surface area (Å²) in [6.45, 7) is 2.01. The van der Waals surface area contributed by atoms with Crippen LogP contribution < -0.4 is 10.6 Å². The third-order valence-electron chi connectivity index (χ3n) is 3.72. The number of benzene rings is 1. The molecule has 98 valence electrons. The van der Waals surface area contributed by atoms with E-state index in [1.807, 2.05) is 6.92 Å². The summed E-state index contributed by atoms with van der Waals surface area (Å²) in [4.78, 5) is 12.1. The van der Waals surface area contributed by atoms with E-state index in [1.54, 1.807) is 19.2 Å². The van der Waals surface area contributed by atoms with E-state index in [1.165, 1.54) is 25.3 Å². The number of para-hydroxylation sites is 1. The molecule has 0 saturated heterocycles. The number of amides is 1. The van der Waals surface area contributed by atoms with Crippen LogP contribution in [0.15, 0.2) is 18.2 Å². The van der Waals surface area contributed by atoms with Crippen LogP contribution in [0.3, 0.4) is 0 Å². The van der Waals surface area contributed by atoms with Gasteiger partial charge in [-0.3, -0.25) is 4.79 Å². The van der Waals surface area contributed by atoms with Gasteiger partial charge < -0.3 is 10.6 Å². The minimum Gasteiger partial charge on any atom is -0.385 e. The molecule has 1 aromatic rings. The lowest BCUT2D eigenvalue weighted by molar-refractivity contribution is 0.0909. The normalized spacial score (nSPS) is 16.8. The fraction of sp³-hybridized carbons (Fsp3) is 0.500. The van der Waals surface area contributed by atoms with E-state index in [-0.39, 0.29) is 17.6 Å². The summed E-state index contributed by atoms with van der Waals surface area (Å²) in [5.41, 5.74) is 0.625. The number of carbonyl (C=O) groups is 1. The van der Waals surface area contributed by atoms with E-state index in [0.29, 0.717) is 11.5 Å². The topological polar surface area (TPSA) is 41.1 Å². The highest BCUT2D eigenvalue weighted by Crippen LogP contribution is 2.29. The van der Waals surface area contributed by atoms with Crippen LogP contribution in [0, 0.1) is 11.7 Å². The van der Waals surface area contributed by atoms with Crippen LogP contribution in [0.5, 0.6) is 0 Å². The van der Waals surface area contributed by atoms with Crippen LogP contribution in [-0.4, -0.2) is 19.0 Å². The maximum Gasteiger partial charge on any atom is 0.253 e. The van der Waals surface area contributed by atoms with Crippen LogP contribution in [-0.2, 0) is 0 Å². The van der Waals surface area contributed by atoms with E-state index < -0.39 is 5.82 Å². The summed E-state index contributed by atoms with van der Waals surface area (Å²) >= 11 is 0. The molecule has 0 aliphatic heterocycles. The number of anilines is 1. The predicted molar refractivity (Wildman–Crippen MR) is 70.2 cm³/mol. The van der Waals surface area contributed by atoms with E-state index in [4.69, 9.17) is 0 Å². The van der Waals surface area contributed by atoms with Crippen LogP contribution in [0.4, 0.5) is 10.1 Å². The molecule has 1 saturated carbocycles. The largest absolute Gasteiger partial charge is 0.385 e. The van der Waals surface area contributed by atoms with Crippen molar-refractivity contribution in [3.8, 4) is 0 Å². The highest BCUT2D eigenvalue weighted by Gasteiger charge is 2.26. The molecule has 1 aromatic carbocycles. The van der Waals surface area contributed by atoms with Crippen LogP contribution in [0.25, 0.3) is 0 Å². The van der Waals surface area contributed by atoms with Gasteiger partial charge in [0.05, 0.1) is 11.3 Å². The number of rotatable bonds is 4. The zero-order chi connectivity index (χ0) is 13.1. The fourth-order valence-corrected chi connectivity index (χ4v) is 2.31. The summed E-state index contributed by atoms with van der Waals surface area (Å²) < 4.78 is 13.5. The minimum atomic E-state index is -0.401. The summed E-state index contributed by atoms with van der Waals surface area (Å²) in [6.07, 6.45) is 3.58. The maximum atomic E-state index is 13.5. The molecule has 1 unspecified atom stereocenters. The van der Waals surface area contributed by atoms with Crippen molar-refractivity contribution in [3.05, 3.63) is 29.6 Å². The number of nitrogens with one attached hydrogen (secondary N) is 2. The molecule has 3 nitrogen and oxygen atoms in total. The lowest BCUT2D eigenvalue weighted by Crippen LogP contribution is -2.40. The second kappa shape index (κ2) is 5.38. The zero-order valence-corrected chi connectivity index (χ0v) is 10.8. The molecule has 0 heterocycles. The molecule has 0 bridgehead atoms. The monoisotopic (exact) mass is 250 g/mol. The number of hydrogen-bond acceptors (Lipinski definition) is 2. The van der Waals surface area contributed by atoms with Crippen molar-refractivity contribution in [3.63, 3.8) is 0 Å². The third kappa shape index (κ3) is 2.47. The molecule has 0 aromatic heterocycles. The molecule has 2 N–H and O–H groups in total. The van der Waals surface area contributed by atoms with Crippen molar-refractivity contribution < 1.29 is 9.18 Å². The molecule has 1 aliphatic rings. The highest BCUT2D eigenvalue weighted by atomic mass is 19.1. The standard InChI is InChI=1S/C14H19FN2O/c1-9(10-5-3-6-10)17-14(18)11-7-4-8-12(15)13(11)16-2/h4,7-10,16H,3,5-6H2,1-2H3,(H,17,18). The van der Waals surface area contributed by atoms with Gasteiger partial charge in [0.1, 0.15) is 5.82 Å². The Morgan fingerprint density at radius 1 is 1.44 bits per heavy atom. The first-order valence-electron chi connectivity index (χ1n) is 6.40. The Morgan fingerprint density at radius 2 is 2.17 bits per heavy atom. The van der Waals surface area contributed by atoms with Gasteiger partial charge in [-0.05, 0) is 37.8 Å². The lowest BCUT2D eigenvalue weighted by Gasteiger charge is -2.32. The molecule has 0 radical (unpaired) electrons. The number of carbonyl (C=O) groups excluding carboxylic acids is 1. The molecular weight excluding hydrogens is 231 g/mol. The zero-order valence-electron chi connectivity index (χ0n) is 10.8. The van der Waals surface area contributed by atoms with Gasteiger partial charge in [0.25, 0.3) is 5.91 Å². The summed E-state index contributed by atoms with van der Waals surface area (Å²) in [5, 5.41) is 5.69. The van der Waals surface area contributed by atoms with E-state index >= 15 is 0 Å². The Balaban J connectivity index is 2.10. The molecule has 1 atom stereocenters. The van der Waals surface area contributed by atoms with Crippen molar-refractivity contribution in [2.24, 2.45) is 5.92 Å². The molecule has 0 spiro atoms. The molecule has 4 heteroatoms. The highest BCUT2D eigenvalue weighted by molar-refractivity contribution is 5.99. The van der Waals surface area contributed by atoms with Crippen LogP contribution >= 0.6 is 0 Å². The first-order chi connectivity index (χ1) is 8.63. The van der Waals surface area contributed by atoms with Crippen molar-refractivity contribution in [1.82, 2.24) is 5.32 Å². The van der Waals surface area contributed by atoms with Gasteiger partial charge >= 0.3 is 0 Å². The van der Waals surface area contributed by atoms with Gasteiger partial charge in [-0.15, -0.1) is 0 Å². The number of hydrogen-bond donors (Lipinski definition) is 2. The first kappa shape index (κ1) is 12.9. The molecule has 1 amide bonds. The van der Waals surface area contributed by atoms with Crippen LogP contribution in [0.1, 0.15) is 36.5 Å². The molecule has 2 rings (SSSR count). The Kier molecular flexibility index (Phi) is 3.84. The Labute approximate surface area is 107 Å². The SMILES string of the molecule is CNc1c(F)cccc1C(=O)NC(C)C1CCC1. The molecule has 18 heavy (non-hydrogen) atoms. The third-order valence-corrected chi connectivity index (χ3v) is 3.72. The molecular formula is C14H19FN2O. The van der Waals surface area contributed by atoms with Gasteiger partial charge in [-0.2, -0.15) is 0 Å². The van der Waals surface area contributed by atoms with E-state index in [2.05, 4.69) is 10.6 Å². The quantitative estimate of drug-likeness (QED) is 0.862. The molecule has 1 aliphatic carbocycles. The van der Waals surface area contributed by atoms with Gasteiger partial charge in [0.2, 0.25) is 0 Å². The lowest BCUT2D eigenvalue weighted by atomic mass is 9.80. The van der Waals surface area contributed by atoms with Crippen LogP contribution in [0.2, 0.25) is 0 Å². The average Bonchev–Trinajstić information content (AvgIpc) is 2.25. The molecule has 1 fully saturated rings. The van der Waals surface area contributed by atoms with Crippen molar-refractivity contribution in [1.29, 1.82) is 0 Å². The maximum absolute atomic E-state index is 13.5. The summed E-state index contributed by atoms with van der Waals surface area (Å²) in [7, 11) is 1.62. The van der Waals surface area contributed by atoms with Gasteiger partial charge in [-0.25, -0.2) is 4.39 Å². The average molecular weight is 250 g/mol. The Morgan fingerprint density at radius 3 is 2.72 bits per heavy atom. The second-order valence-corrected chi connectivity index (χ2v) is 4.87. The van der Waals surface area contributed by atoms with Crippen molar-refractivity contribution >= 4 is 11.6 Å². The Hall–Kier alpha value is -1.58. The first-order valence-corrected chi connectivity index (χ1v) is 6.40. The van der Waals surface area contributed by atoms with E-state index in [9.17, 15) is 9.18 Å². The fourth-order valence-electron chi connectivity index (χ4n) is 2.31. The minimum absolute atomic E-state index is 0.152. The van der Waals surface area contributed by atoms with E-state index in [0.717, 1.165) is 0 Å².